The van der Waals surface area contributed by atoms with E-state index in [1.165, 1.54) is 0 Å². The van der Waals surface area contributed by atoms with E-state index < -0.39 is 66.1 Å². The van der Waals surface area contributed by atoms with Crippen molar-refractivity contribution in [2.45, 2.75) is 111 Å². The van der Waals surface area contributed by atoms with Gasteiger partial charge in [0.25, 0.3) is 0 Å². The fourth-order valence-corrected chi connectivity index (χ4v) is 9.09. The average molecular weight is 1130 g/mol. The molecule has 2 rings (SSSR count). The Morgan fingerprint density at radius 2 is 0.774 bits per heavy atom. The molecule has 7 unspecified atom stereocenters. The van der Waals surface area contributed by atoms with Crippen LogP contribution in [0.4, 0.5) is 0 Å². The molecule has 8 atom stereocenters. The maximum atomic E-state index is 13.7. The molecule has 0 aromatic carbocycles. The standard InChI is InChI=1S/C34H58Br2N2O8S2.6CHO.2Fe/c1-31(2,19-33(5,35)29(41)43-17-15-37(7)8)27(39)45-23-21-13-11-12-14-22(21)24(26(48)25(23)47)46-28(40)32(3,4)20-34(6,36)30(42)44-18-16-38(9)10;6*1-2;;/h21-26,47-48H,11-20H2,1-10H3;6*1H;;/q;6*-1;2*+3/p-2/t21?,22?,23?,24?,25-,26?,33?,34?;;;;;;;;/m0......../s1. The van der Waals surface area contributed by atoms with Crippen LogP contribution in [0.3, 0.4) is 0 Å². The van der Waals surface area contributed by atoms with Gasteiger partial charge in [0.1, 0.15) is 21.9 Å². The number of likely N-dealkylation sites (N-methyl/N-ethyl adjacent to an activating group) is 2. The van der Waals surface area contributed by atoms with Gasteiger partial charge in [0.15, 0.2) is 0 Å². The van der Waals surface area contributed by atoms with Crippen LogP contribution in [0.15, 0.2) is 0 Å². The minimum atomic E-state index is -1.10. The molecule has 2 fully saturated rings. The molecule has 2 aliphatic carbocycles. The zero-order valence-corrected chi connectivity index (χ0v) is 43.9. The third kappa shape index (κ3) is 26.5. The number of nitrogens with zero attached hydrogens (tertiary/aromatic N) is 2. The van der Waals surface area contributed by atoms with Crippen molar-refractivity contribution in [3.8, 4) is 0 Å². The Bertz CT molecular complexity index is 1160. The first-order valence-corrected chi connectivity index (χ1v) is 20.6. The number of halogens is 2. The van der Waals surface area contributed by atoms with Crippen molar-refractivity contribution in [3.05, 3.63) is 0 Å². The van der Waals surface area contributed by atoms with Crippen molar-refractivity contribution in [1.29, 1.82) is 0 Å². The summed E-state index contributed by atoms with van der Waals surface area (Å²) in [6.45, 7) is 31.5. The third-order valence-electron chi connectivity index (χ3n) is 9.22. The van der Waals surface area contributed by atoms with Crippen LogP contribution >= 0.6 is 31.9 Å². The number of carbonyl (C=O) groups is 4. The van der Waals surface area contributed by atoms with Crippen molar-refractivity contribution in [3.63, 3.8) is 0 Å². The summed E-state index contributed by atoms with van der Waals surface area (Å²) < 4.78 is 21.1. The summed E-state index contributed by atoms with van der Waals surface area (Å²) in [5.41, 5.74) is -2.09. The summed E-state index contributed by atoms with van der Waals surface area (Å²) in [7, 11) is 7.57. The molecular weight excluding hydrogens is 1070 g/mol. The van der Waals surface area contributed by atoms with Gasteiger partial charge in [0, 0.05) is 24.9 Å². The normalized spacial score (nSPS) is 21.5. The van der Waals surface area contributed by atoms with Gasteiger partial charge in [-0.1, -0.05) is 44.7 Å². The van der Waals surface area contributed by atoms with E-state index in [9.17, 15) is 19.2 Å². The number of carbonyl (C=O) groups excluding carboxylic acids is 10. The number of hydrogen-bond acceptors (Lipinski definition) is 18. The quantitative estimate of drug-likeness (QED) is 0.0413. The summed E-state index contributed by atoms with van der Waals surface area (Å²) >= 11 is 18.9. The molecule has 62 heavy (non-hydrogen) atoms. The van der Waals surface area contributed by atoms with Crippen LogP contribution in [-0.4, -0.2) is 160 Å². The minimum absolute atomic E-state index is 0. The molecule has 22 heteroatoms. The predicted molar refractivity (Wildman–Crippen MR) is 239 cm³/mol. The van der Waals surface area contributed by atoms with Gasteiger partial charge in [-0.05, 0) is 95.4 Å². The molecule has 2 aliphatic rings. The van der Waals surface area contributed by atoms with Gasteiger partial charge >= 0.3 is 58.0 Å². The number of alkyl halides is 2. The molecule has 360 valence electrons. The number of ether oxygens (including phenoxy) is 4. The second-order valence-electron chi connectivity index (χ2n) is 15.7. The first-order valence-electron chi connectivity index (χ1n) is 18.1. The zero-order chi connectivity index (χ0) is 48.8. The first kappa shape index (κ1) is 74.8. The number of rotatable bonds is 16. The molecule has 0 spiro atoms. The molecule has 0 aromatic heterocycles. The maximum absolute atomic E-state index is 13.7. The second kappa shape index (κ2) is 38.8. The number of hydrogen-bond donors (Lipinski definition) is 0. The maximum Gasteiger partial charge on any atom is 3.00 e. The average Bonchev–Trinajstić information content (AvgIpc) is 3.21. The zero-order valence-electron chi connectivity index (χ0n) is 36.9. The second-order valence-corrected chi connectivity index (χ2v) is 20.3. The van der Waals surface area contributed by atoms with Gasteiger partial charge < -0.3 is 82.8 Å². The summed E-state index contributed by atoms with van der Waals surface area (Å²) in [6.07, 6.45) is 2.44. The molecule has 0 amide bonds. The summed E-state index contributed by atoms with van der Waals surface area (Å²) in [5, 5.41) is -1.33. The van der Waals surface area contributed by atoms with Crippen LogP contribution in [0.5, 0.6) is 0 Å². The molecular formula is C40H62Br2Fe2N2O14S2-2. The van der Waals surface area contributed by atoms with Gasteiger partial charge in [0.2, 0.25) is 0 Å². The van der Waals surface area contributed by atoms with Crippen molar-refractivity contribution >= 4 is 122 Å². The Morgan fingerprint density at radius 3 is 1.00 bits per heavy atom. The summed E-state index contributed by atoms with van der Waals surface area (Å²) in [6, 6.07) is 0. The van der Waals surface area contributed by atoms with E-state index in [0.717, 1.165) is 25.7 Å². The topological polar surface area (TPSA) is 214 Å². The largest absolute Gasteiger partial charge is 3.00 e. The SMILES string of the molecule is CN(C)CCOC(=O)C(C)(Br)CC(C)(C)C(=O)OC1C2CCCCC2C(OC(=O)C(C)(C)CC(C)(Br)C(=O)OCCN(C)C)[C@H]([S-])C1[S-].[CH-]=O.[CH-]=O.[CH-]=O.[CH-]=O.[CH-]=O.[CH-]=O.[Fe+3].[Fe+3]. The third-order valence-corrected chi connectivity index (χ3v) is 11.7. The molecule has 0 aromatic rings. The first-order chi connectivity index (χ1) is 27.9. The van der Waals surface area contributed by atoms with Gasteiger partial charge in [-0.3, -0.25) is 59.9 Å². The molecule has 2 saturated carbocycles. The summed E-state index contributed by atoms with van der Waals surface area (Å²) in [5.74, 6) is -2.08. The van der Waals surface area contributed by atoms with E-state index >= 15 is 0 Å². The fourth-order valence-electron chi connectivity index (χ4n) is 6.63. The van der Waals surface area contributed by atoms with E-state index in [0.29, 0.717) is 13.1 Å². The smallest absolute Gasteiger partial charge is 0.787 e. The van der Waals surface area contributed by atoms with E-state index in [1.54, 1.807) is 41.5 Å². The van der Waals surface area contributed by atoms with Crippen molar-refractivity contribution in [2.75, 3.05) is 54.5 Å². The van der Waals surface area contributed by atoms with Gasteiger partial charge in [0.05, 0.1) is 23.0 Å². The van der Waals surface area contributed by atoms with E-state index in [4.69, 9.17) is 73.0 Å². The van der Waals surface area contributed by atoms with Crippen LogP contribution in [0, 0.1) is 22.7 Å². The van der Waals surface area contributed by atoms with Crippen molar-refractivity contribution in [2.24, 2.45) is 22.7 Å². The molecule has 0 aliphatic heterocycles. The Labute approximate surface area is 418 Å². The molecule has 16 nitrogen and oxygen atoms in total. The van der Waals surface area contributed by atoms with Gasteiger partial charge in [-0.15, -0.1) is 10.5 Å². The Morgan fingerprint density at radius 1 is 0.532 bits per heavy atom. The minimum Gasteiger partial charge on any atom is -0.787 e. The Kier molecular flexibility index (Phi) is 46.8. The van der Waals surface area contributed by atoms with Crippen molar-refractivity contribution in [1.82, 2.24) is 9.80 Å². The van der Waals surface area contributed by atoms with E-state index in [-0.39, 0.29) is 72.0 Å². The fraction of sp³-hybridized carbons (Fsp3) is 0.750. The van der Waals surface area contributed by atoms with Crippen LogP contribution in [0.25, 0.3) is 0 Å². The van der Waals surface area contributed by atoms with E-state index in [2.05, 4.69) is 72.6 Å². The molecule has 0 N–H and O–H groups in total. The van der Waals surface area contributed by atoms with Crippen LogP contribution in [0.2, 0.25) is 0 Å². The number of esters is 4. The van der Waals surface area contributed by atoms with Crippen molar-refractivity contribution < 1.29 is 101 Å². The van der Waals surface area contributed by atoms with E-state index in [1.807, 2.05) is 38.0 Å². The number of fused-ring (bicyclic) bond motifs is 1. The van der Waals surface area contributed by atoms with Crippen LogP contribution in [0.1, 0.15) is 80.1 Å². The molecule has 0 bridgehead atoms. The van der Waals surface area contributed by atoms with Gasteiger partial charge in [-0.2, -0.15) is 0 Å². The van der Waals surface area contributed by atoms with Crippen LogP contribution < -0.4 is 0 Å². The van der Waals surface area contributed by atoms with Crippen LogP contribution in [-0.2, 0) is 126 Å². The molecule has 2 radical (unpaired) electrons. The Hall–Kier alpha value is -1.48. The van der Waals surface area contributed by atoms with Gasteiger partial charge in [-0.25, -0.2) is 0 Å². The summed E-state index contributed by atoms with van der Waals surface area (Å²) in [4.78, 5) is 103. The molecule has 0 saturated heterocycles. The predicted octanol–water partition coefficient (Wildman–Crippen LogP) is 3.16. The monoisotopic (exact) mass is 1130 g/mol. The molecule has 0 heterocycles. The Balaban J connectivity index is -0.000000396.